The number of nitrogens with zero attached hydrogens (tertiary/aromatic N) is 3. The van der Waals surface area contributed by atoms with Gasteiger partial charge in [0.25, 0.3) is 0 Å². The van der Waals surface area contributed by atoms with E-state index < -0.39 is 0 Å². The van der Waals surface area contributed by atoms with Crippen LogP contribution in [0.5, 0.6) is 0 Å². The number of aromatic nitrogens is 2. The van der Waals surface area contributed by atoms with E-state index in [0.717, 1.165) is 29.7 Å². The monoisotopic (exact) mass is 219 g/mol. The molecule has 2 heterocycles. The smallest absolute Gasteiger partial charge is 0.142 e. The molecule has 0 aliphatic carbocycles. The van der Waals surface area contributed by atoms with Crippen LogP contribution >= 0.6 is 0 Å². The van der Waals surface area contributed by atoms with Crippen LogP contribution in [0.4, 0.5) is 0 Å². The summed E-state index contributed by atoms with van der Waals surface area (Å²) in [5, 5.41) is 0. The SMILES string of the molecule is Cc1cc(C)nc(CN2CCCC(C)C2)n1. The average Bonchev–Trinajstić information content (AvgIpc) is 2.15. The standard InChI is InChI=1S/C13H21N3/c1-10-5-4-6-16(8-10)9-13-14-11(2)7-12(3)15-13/h7,10H,4-6,8-9H2,1-3H3. The van der Waals surface area contributed by atoms with E-state index in [-0.39, 0.29) is 0 Å². The van der Waals surface area contributed by atoms with Crippen molar-refractivity contribution in [3.8, 4) is 0 Å². The number of piperidine rings is 1. The van der Waals surface area contributed by atoms with Crippen molar-refractivity contribution in [3.05, 3.63) is 23.3 Å². The number of aryl methyl sites for hydroxylation is 2. The van der Waals surface area contributed by atoms with Crippen LogP contribution in [0.1, 0.15) is 37.0 Å². The average molecular weight is 219 g/mol. The fourth-order valence-electron chi connectivity index (χ4n) is 2.50. The molecule has 0 radical (unpaired) electrons. The fraction of sp³-hybridized carbons (Fsp3) is 0.692. The highest BCUT2D eigenvalue weighted by molar-refractivity contribution is 5.08. The van der Waals surface area contributed by atoms with Crippen LogP contribution in [0.2, 0.25) is 0 Å². The molecule has 1 atom stereocenters. The third-order valence-corrected chi connectivity index (χ3v) is 3.13. The highest BCUT2D eigenvalue weighted by Gasteiger charge is 2.17. The first-order chi connectivity index (χ1) is 7.63. The Morgan fingerprint density at radius 2 is 2.00 bits per heavy atom. The van der Waals surface area contributed by atoms with Crippen molar-refractivity contribution in [2.75, 3.05) is 13.1 Å². The minimum absolute atomic E-state index is 0.819. The Morgan fingerprint density at radius 1 is 1.31 bits per heavy atom. The van der Waals surface area contributed by atoms with Gasteiger partial charge in [0.15, 0.2) is 0 Å². The van der Waals surface area contributed by atoms with E-state index in [0.29, 0.717) is 0 Å². The third-order valence-electron chi connectivity index (χ3n) is 3.13. The van der Waals surface area contributed by atoms with E-state index in [1.807, 2.05) is 19.9 Å². The van der Waals surface area contributed by atoms with Crippen LogP contribution in [0.25, 0.3) is 0 Å². The largest absolute Gasteiger partial charge is 0.296 e. The Morgan fingerprint density at radius 3 is 2.62 bits per heavy atom. The van der Waals surface area contributed by atoms with Crippen molar-refractivity contribution in [2.45, 2.75) is 40.2 Å². The predicted molar refractivity (Wildman–Crippen MR) is 65.2 cm³/mol. The first kappa shape index (κ1) is 11.5. The Balaban J connectivity index is 2.02. The Labute approximate surface area is 97.9 Å². The maximum atomic E-state index is 4.50. The number of rotatable bonds is 2. The van der Waals surface area contributed by atoms with Crippen LogP contribution in [-0.4, -0.2) is 28.0 Å². The molecule has 1 saturated heterocycles. The van der Waals surface area contributed by atoms with Crippen molar-refractivity contribution >= 4 is 0 Å². The summed E-state index contributed by atoms with van der Waals surface area (Å²) in [6.45, 7) is 9.70. The van der Waals surface area contributed by atoms with Crippen molar-refractivity contribution in [3.63, 3.8) is 0 Å². The van der Waals surface area contributed by atoms with Gasteiger partial charge in [0.2, 0.25) is 0 Å². The van der Waals surface area contributed by atoms with Crippen LogP contribution < -0.4 is 0 Å². The first-order valence-corrected chi connectivity index (χ1v) is 6.17. The first-order valence-electron chi connectivity index (χ1n) is 6.17. The molecule has 3 heteroatoms. The second-order valence-electron chi connectivity index (χ2n) is 5.05. The van der Waals surface area contributed by atoms with E-state index in [1.54, 1.807) is 0 Å². The van der Waals surface area contributed by atoms with Gasteiger partial charge in [-0.25, -0.2) is 9.97 Å². The summed E-state index contributed by atoms with van der Waals surface area (Å²) in [6.07, 6.45) is 2.68. The molecule has 0 aromatic carbocycles. The molecule has 0 saturated carbocycles. The van der Waals surface area contributed by atoms with E-state index in [2.05, 4.69) is 21.8 Å². The lowest BCUT2D eigenvalue weighted by Gasteiger charge is -2.30. The molecule has 2 rings (SSSR count). The molecule has 1 fully saturated rings. The number of likely N-dealkylation sites (tertiary alicyclic amines) is 1. The molecule has 0 N–H and O–H groups in total. The van der Waals surface area contributed by atoms with Crippen molar-refractivity contribution in [1.82, 2.24) is 14.9 Å². The van der Waals surface area contributed by atoms with Crippen LogP contribution in [0.3, 0.4) is 0 Å². The second kappa shape index (κ2) is 4.91. The minimum atomic E-state index is 0.819. The van der Waals surface area contributed by atoms with Gasteiger partial charge in [-0.1, -0.05) is 6.92 Å². The van der Waals surface area contributed by atoms with Gasteiger partial charge in [0, 0.05) is 17.9 Å². The minimum Gasteiger partial charge on any atom is -0.296 e. The lowest BCUT2D eigenvalue weighted by Crippen LogP contribution is -2.34. The van der Waals surface area contributed by atoms with Crippen LogP contribution in [0.15, 0.2) is 6.07 Å². The molecule has 1 aromatic heterocycles. The van der Waals surface area contributed by atoms with E-state index >= 15 is 0 Å². The van der Waals surface area contributed by atoms with Gasteiger partial charge in [-0.05, 0) is 45.2 Å². The number of hydrogen-bond donors (Lipinski definition) is 0. The summed E-state index contributed by atoms with van der Waals surface area (Å²) < 4.78 is 0. The molecule has 1 unspecified atom stereocenters. The van der Waals surface area contributed by atoms with E-state index in [1.165, 1.54) is 25.9 Å². The van der Waals surface area contributed by atoms with E-state index in [4.69, 9.17) is 0 Å². The molecular formula is C13H21N3. The Bertz CT molecular complexity index is 342. The summed E-state index contributed by atoms with van der Waals surface area (Å²) in [5.74, 6) is 1.80. The van der Waals surface area contributed by atoms with Gasteiger partial charge in [-0.3, -0.25) is 4.90 Å². The zero-order valence-corrected chi connectivity index (χ0v) is 10.5. The zero-order chi connectivity index (χ0) is 11.5. The lowest BCUT2D eigenvalue weighted by molar-refractivity contribution is 0.172. The van der Waals surface area contributed by atoms with Gasteiger partial charge >= 0.3 is 0 Å². The van der Waals surface area contributed by atoms with Crippen LogP contribution in [0, 0.1) is 19.8 Å². The molecule has 1 aliphatic rings. The number of hydrogen-bond acceptors (Lipinski definition) is 3. The van der Waals surface area contributed by atoms with Crippen LogP contribution in [-0.2, 0) is 6.54 Å². The lowest BCUT2D eigenvalue weighted by atomic mass is 10.0. The van der Waals surface area contributed by atoms with Crippen molar-refractivity contribution in [1.29, 1.82) is 0 Å². The molecule has 3 nitrogen and oxygen atoms in total. The summed E-state index contributed by atoms with van der Waals surface area (Å²) >= 11 is 0. The summed E-state index contributed by atoms with van der Waals surface area (Å²) in [7, 11) is 0. The molecular weight excluding hydrogens is 198 g/mol. The van der Waals surface area contributed by atoms with Gasteiger partial charge in [0.05, 0.1) is 6.54 Å². The molecule has 0 bridgehead atoms. The van der Waals surface area contributed by atoms with Gasteiger partial charge < -0.3 is 0 Å². The van der Waals surface area contributed by atoms with Gasteiger partial charge in [-0.2, -0.15) is 0 Å². The molecule has 0 amide bonds. The fourth-order valence-corrected chi connectivity index (χ4v) is 2.50. The highest BCUT2D eigenvalue weighted by Crippen LogP contribution is 2.16. The predicted octanol–water partition coefficient (Wildman–Crippen LogP) is 2.33. The molecule has 16 heavy (non-hydrogen) atoms. The molecule has 0 spiro atoms. The van der Waals surface area contributed by atoms with Gasteiger partial charge in [0.1, 0.15) is 5.82 Å². The maximum Gasteiger partial charge on any atom is 0.142 e. The zero-order valence-electron chi connectivity index (χ0n) is 10.5. The Hall–Kier alpha value is -0.960. The maximum absolute atomic E-state index is 4.50. The molecule has 1 aromatic rings. The highest BCUT2D eigenvalue weighted by atomic mass is 15.2. The quantitative estimate of drug-likeness (QED) is 0.764. The summed E-state index contributed by atoms with van der Waals surface area (Å²) in [4.78, 5) is 11.5. The molecule has 1 aliphatic heterocycles. The molecule has 88 valence electrons. The normalized spacial score (nSPS) is 22.3. The summed E-state index contributed by atoms with van der Waals surface area (Å²) in [6, 6.07) is 2.03. The van der Waals surface area contributed by atoms with Crippen molar-refractivity contribution < 1.29 is 0 Å². The van der Waals surface area contributed by atoms with Gasteiger partial charge in [-0.15, -0.1) is 0 Å². The van der Waals surface area contributed by atoms with Crippen molar-refractivity contribution in [2.24, 2.45) is 5.92 Å². The second-order valence-corrected chi connectivity index (χ2v) is 5.05. The topological polar surface area (TPSA) is 29.0 Å². The van der Waals surface area contributed by atoms with E-state index in [9.17, 15) is 0 Å². The summed E-state index contributed by atoms with van der Waals surface area (Å²) in [5.41, 5.74) is 2.15. The third kappa shape index (κ3) is 3.01. The Kier molecular flexibility index (Phi) is 3.54.